The van der Waals surface area contributed by atoms with Crippen LogP contribution in [-0.4, -0.2) is 40.8 Å². The van der Waals surface area contributed by atoms with Gasteiger partial charge in [-0.05, 0) is 56.3 Å². The van der Waals surface area contributed by atoms with E-state index in [-0.39, 0.29) is 29.0 Å². The molecule has 0 spiro atoms. The first-order chi connectivity index (χ1) is 13.4. The SMILES string of the molecule is CCOc1ccc(NC(=O)CSC(C)C(=O)Nc2cc(C=O)ccc2O)cc1. The van der Waals surface area contributed by atoms with E-state index in [9.17, 15) is 19.5 Å². The number of benzene rings is 2. The molecule has 28 heavy (non-hydrogen) atoms. The molecule has 8 heteroatoms. The summed E-state index contributed by atoms with van der Waals surface area (Å²) < 4.78 is 5.34. The van der Waals surface area contributed by atoms with Crippen molar-refractivity contribution < 1.29 is 24.2 Å². The van der Waals surface area contributed by atoms with Gasteiger partial charge in [-0.3, -0.25) is 14.4 Å². The molecule has 3 N–H and O–H groups in total. The van der Waals surface area contributed by atoms with Gasteiger partial charge in [-0.2, -0.15) is 0 Å². The van der Waals surface area contributed by atoms with Crippen LogP contribution in [0.3, 0.4) is 0 Å². The fraction of sp³-hybridized carbons (Fsp3) is 0.250. The number of hydrogen-bond donors (Lipinski definition) is 3. The van der Waals surface area contributed by atoms with Crippen LogP contribution in [0.4, 0.5) is 11.4 Å². The first-order valence-electron chi connectivity index (χ1n) is 8.66. The summed E-state index contributed by atoms with van der Waals surface area (Å²) in [6, 6.07) is 11.2. The quantitative estimate of drug-likeness (QED) is 0.439. The second kappa shape index (κ2) is 10.4. The van der Waals surface area contributed by atoms with Crippen molar-refractivity contribution in [2.45, 2.75) is 19.1 Å². The van der Waals surface area contributed by atoms with Gasteiger partial charge in [0.1, 0.15) is 17.8 Å². The third kappa shape index (κ3) is 6.31. The third-order valence-electron chi connectivity index (χ3n) is 3.70. The fourth-order valence-electron chi connectivity index (χ4n) is 2.24. The minimum atomic E-state index is -0.537. The van der Waals surface area contributed by atoms with Crippen molar-refractivity contribution in [3.05, 3.63) is 48.0 Å². The molecule has 2 aromatic carbocycles. The summed E-state index contributed by atoms with van der Waals surface area (Å²) in [5.41, 5.74) is 1.13. The summed E-state index contributed by atoms with van der Waals surface area (Å²) in [7, 11) is 0. The second-order valence-electron chi connectivity index (χ2n) is 5.84. The number of amides is 2. The van der Waals surface area contributed by atoms with E-state index < -0.39 is 5.25 Å². The van der Waals surface area contributed by atoms with Crippen molar-refractivity contribution in [3.63, 3.8) is 0 Å². The molecule has 0 fully saturated rings. The number of rotatable bonds is 9. The summed E-state index contributed by atoms with van der Waals surface area (Å²) in [5, 5.41) is 14.6. The number of thioether (sulfide) groups is 1. The zero-order valence-electron chi connectivity index (χ0n) is 15.6. The molecular formula is C20H22N2O5S. The van der Waals surface area contributed by atoms with Crippen LogP contribution in [0.5, 0.6) is 11.5 Å². The number of aromatic hydroxyl groups is 1. The molecule has 0 saturated carbocycles. The fourth-order valence-corrected chi connectivity index (χ4v) is 2.92. The number of carbonyl (C=O) groups excluding carboxylic acids is 3. The average Bonchev–Trinajstić information content (AvgIpc) is 2.69. The summed E-state index contributed by atoms with van der Waals surface area (Å²) in [4.78, 5) is 35.1. The van der Waals surface area contributed by atoms with E-state index in [1.165, 1.54) is 18.2 Å². The lowest BCUT2D eigenvalue weighted by Crippen LogP contribution is -2.25. The largest absolute Gasteiger partial charge is 0.506 e. The molecule has 0 aromatic heterocycles. The lowest BCUT2D eigenvalue weighted by Gasteiger charge is -2.13. The van der Waals surface area contributed by atoms with Crippen LogP contribution >= 0.6 is 11.8 Å². The number of nitrogens with one attached hydrogen (secondary N) is 2. The molecule has 0 radical (unpaired) electrons. The number of aldehydes is 1. The lowest BCUT2D eigenvalue weighted by atomic mass is 10.2. The normalized spacial score (nSPS) is 11.4. The average molecular weight is 402 g/mol. The van der Waals surface area contributed by atoms with Crippen LogP contribution in [0, 0.1) is 0 Å². The third-order valence-corrected chi connectivity index (χ3v) is 4.84. The van der Waals surface area contributed by atoms with Gasteiger partial charge in [-0.15, -0.1) is 11.8 Å². The van der Waals surface area contributed by atoms with Crippen molar-refractivity contribution in [2.75, 3.05) is 23.0 Å². The molecule has 0 saturated heterocycles. The van der Waals surface area contributed by atoms with Gasteiger partial charge in [0.15, 0.2) is 0 Å². The Labute approximate surface area is 167 Å². The Kier molecular flexibility index (Phi) is 7.88. The smallest absolute Gasteiger partial charge is 0.237 e. The van der Waals surface area contributed by atoms with E-state index in [0.717, 1.165) is 17.5 Å². The van der Waals surface area contributed by atoms with Gasteiger partial charge in [0.25, 0.3) is 0 Å². The van der Waals surface area contributed by atoms with Crippen LogP contribution < -0.4 is 15.4 Å². The Morgan fingerprint density at radius 1 is 1.18 bits per heavy atom. The molecule has 2 amide bonds. The van der Waals surface area contributed by atoms with E-state index in [4.69, 9.17) is 4.74 Å². The van der Waals surface area contributed by atoms with Crippen LogP contribution in [0.1, 0.15) is 24.2 Å². The highest BCUT2D eigenvalue weighted by atomic mass is 32.2. The molecule has 148 valence electrons. The van der Waals surface area contributed by atoms with Crippen molar-refractivity contribution in [2.24, 2.45) is 0 Å². The van der Waals surface area contributed by atoms with Crippen LogP contribution in [-0.2, 0) is 9.59 Å². The zero-order chi connectivity index (χ0) is 20.5. The van der Waals surface area contributed by atoms with Gasteiger partial charge in [0.05, 0.1) is 23.3 Å². The maximum Gasteiger partial charge on any atom is 0.237 e. The summed E-state index contributed by atoms with van der Waals surface area (Å²) >= 11 is 1.16. The van der Waals surface area contributed by atoms with Gasteiger partial charge in [0, 0.05) is 11.3 Å². The summed E-state index contributed by atoms with van der Waals surface area (Å²) in [6.07, 6.45) is 0.624. The number of phenolic OH excluding ortho intramolecular Hbond substituents is 1. The molecule has 0 bridgehead atoms. The number of phenols is 1. The first kappa shape index (κ1) is 21.3. The van der Waals surface area contributed by atoms with E-state index in [0.29, 0.717) is 24.1 Å². The van der Waals surface area contributed by atoms with E-state index >= 15 is 0 Å². The zero-order valence-corrected chi connectivity index (χ0v) is 16.4. The van der Waals surface area contributed by atoms with E-state index in [1.807, 2.05) is 6.92 Å². The molecule has 2 rings (SSSR count). The van der Waals surface area contributed by atoms with Crippen LogP contribution in [0.25, 0.3) is 0 Å². The minimum Gasteiger partial charge on any atom is -0.506 e. The predicted octanol–water partition coefficient (Wildman–Crippen LogP) is 3.30. The number of ether oxygens (including phenoxy) is 1. The Bertz CT molecular complexity index is 839. The monoisotopic (exact) mass is 402 g/mol. The van der Waals surface area contributed by atoms with Crippen LogP contribution in [0.2, 0.25) is 0 Å². The molecule has 2 aromatic rings. The summed E-state index contributed by atoms with van der Waals surface area (Å²) in [5.74, 6) is 0.0607. The predicted molar refractivity (Wildman–Crippen MR) is 110 cm³/mol. The first-order valence-corrected chi connectivity index (χ1v) is 9.71. The molecule has 7 nitrogen and oxygen atoms in total. The number of hydrogen-bond acceptors (Lipinski definition) is 6. The highest BCUT2D eigenvalue weighted by Crippen LogP contribution is 2.25. The molecule has 0 aliphatic carbocycles. The van der Waals surface area contributed by atoms with Crippen LogP contribution in [0.15, 0.2) is 42.5 Å². The Morgan fingerprint density at radius 3 is 2.54 bits per heavy atom. The highest BCUT2D eigenvalue weighted by Gasteiger charge is 2.17. The topological polar surface area (TPSA) is 105 Å². The van der Waals surface area contributed by atoms with Gasteiger partial charge < -0.3 is 20.5 Å². The van der Waals surface area contributed by atoms with Crippen molar-refractivity contribution in [3.8, 4) is 11.5 Å². The second-order valence-corrected chi connectivity index (χ2v) is 7.17. The lowest BCUT2D eigenvalue weighted by molar-refractivity contribution is -0.115. The Hall–Kier alpha value is -3.00. The van der Waals surface area contributed by atoms with Gasteiger partial charge in [-0.1, -0.05) is 0 Å². The van der Waals surface area contributed by atoms with Crippen molar-refractivity contribution in [1.29, 1.82) is 0 Å². The molecule has 0 aliphatic heterocycles. The van der Waals surface area contributed by atoms with Crippen molar-refractivity contribution >= 4 is 41.2 Å². The number of anilines is 2. The van der Waals surface area contributed by atoms with Gasteiger partial charge in [-0.25, -0.2) is 0 Å². The maximum absolute atomic E-state index is 12.3. The van der Waals surface area contributed by atoms with Gasteiger partial charge >= 0.3 is 0 Å². The molecule has 0 heterocycles. The molecular weight excluding hydrogens is 380 g/mol. The Morgan fingerprint density at radius 2 is 1.89 bits per heavy atom. The molecule has 1 atom stereocenters. The maximum atomic E-state index is 12.3. The molecule has 1 unspecified atom stereocenters. The minimum absolute atomic E-state index is 0.0855. The highest BCUT2D eigenvalue weighted by molar-refractivity contribution is 8.01. The molecule has 0 aliphatic rings. The van der Waals surface area contributed by atoms with E-state index in [1.54, 1.807) is 31.2 Å². The standard InChI is InChI=1S/C20H22N2O5S/c1-3-27-16-7-5-15(6-8-16)21-19(25)12-28-13(2)20(26)22-17-10-14(11-23)4-9-18(17)24/h4-11,13,24H,3,12H2,1-2H3,(H,21,25)(H,22,26). The summed E-state index contributed by atoms with van der Waals surface area (Å²) in [6.45, 7) is 4.12. The van der Waals surface area contributed by atoms with E-state index in [2.05, 4.69) is 10.6 Å². The van der Waals surface area contributed by atoms with Crippen molar-refractivity contribution in [1.82, 2.24) is 0 Å². The number of carbonyl (C=O) groups is 3. The Balaban J connectivity index is 1.83. The van der Waals surface area contributed by atoms with Gasteiger partial charge in [0.2, 0.25) is 11.8 Å².